The van der Waals surface area contributed by atoms with E-state index in [2.05, 4.69) is 181 Å². The van der Waals surface area contributed by atoms with Gasteiger partial charge in [-0.25, -0.2) is 0 Å². The summed E-state index contributed by atoms with van der Waals surface area (Å²) in [6, 6.07) is 64.4. The normalized spacial score (nSPS) is 11.7. The Morgan fingerprint density at radius 2 is 0.918 bits per heavy atom. The summed E-state index contributed by atoms with van der Waals surface area (Å²) in [5.74, 6) is 0. The summed E-state index contributed by atoms with van der Waals surface area (Å²) in [5.41, 5.74) is 8.36. The molecule has 0 aliphatic carbocycles. The molecule has 230 valence electrons. The minimum atomic E-state index is 1.13. The first-order chi connectivity index (χ1) is 24.3. The summed E-state index contributed by atoms with van der Waals surface area (Å²) in [6.45, 7) is 0. The predicted octanol–water partition coefficient (Wildman–Crippen LogP) is 14.4. The Hall–Kier alpha value is -5.74. The Morgan fingerprint density at radius 1 is 0.327 bits per heavy atom. The molecule has 0 aliphatic rings. The molecule has 0 bridgehead atoms. The summed E-state index contributed by atoms with van der Waals surface area (Å²) >= 11 is 3.74. The number of benzene rings is 8. The fraction of sp³-hybridized carbons (Fsp3) is 0. The van der Waals surface area contributed by atoms with Crippen LogP contribution in [0.4, 0.5) is 17.1 Å². The van der Waals surface area contributed by atoms with Crippen LogP contribution in [0, 0.1) is 0 Å². The van der Waals surface area contributed by atoms with Crippen molar-refractivity contribution in [1.82, 2.24) is 0 Å². The van der Waals surface area contributed by atoms with Crippen molar-refractivity contribution in [3.63, 3.8) is 0 Å². The molecule has 3 heteroatoms. The molecule has 0 saturated carbocycles. The number of fused-ring (bicyclic) bond motifs is 7. The Morgan fingerprint density at radius 3 is 1.78 bits per heavy atom. The zero-order chi connectivity index (χ0) is 32.3. The van der Waals surface area contributed by atoms with Gasteiger partial charge in [0.15, 0.2) is 0 Å². The molecular formula is C46H29NS2. The Kier molecular flexibility index (Phi) is 6.61. The van der Waals surface area contributed by atoms with Gasteiger partial charge in [-0.15, -0.1) is 22.7 Å². The van der Waals surface area contributed by atoms with E-state index < -0.39 is 0 Å². The molecule has 10 aromatic rings. The molecule has 0 saturated heterocycles. The Bertz CT molecular complexity index is 2830. The van der Waals surface area contributed by atoms with Crippen LogP contribution in [0.2, 0.25) is 0 Å². The highest BCUT2D eigenvalue weighted by Gasteiger charge is 2.17. The molecule has 10 rings (SSSR count). The third-order valence-corrected chi connectivity index (χ3v) is 12.0. The van der Waals surface area contributed by atoms with E-state index in [4.69, 9.17) is 0 Å². The van der Waals surface area contributed by atoms with E-state index >= 15 is 0 Å². The van der Waals surface area contributed by atoms with Crippen molar-refractivity contribution in [2.45, 2.75) is 0 Å². The highest BCUT2D eigenvalue weighted by Crippen LogP contribution is 2.44. The molecule has 49 heavy (non-hydrogen) atoms. The number of thiophene rings is 2. The first-order valence-electron chi connectivity index (χ1n) is 16.6. The summed E-state index contributed by atoms with van der Waals surface area (Å²) in [7, 11) is 0. The second-order valence-electron chi connectivity index (χ2n) is 12.5. The predicted molar refractivity (Wildman–Crippen MR) is 215 cm³/mol. The van der Waals surface area contributed by atoms with Crippen molar-refractivity contribution in [3.8, 4) is 22.3 Å². The average Bonchev–Trinajstić information content (AvgIpc) is 3.73. The highest BCUT2D eigenvalue weighted by atomic mass is 32.1. The minimum Gasteiger partial charge on any atom is -0.310 e. The second kappa shape index (κ2) is 11.5. The first kappa shape index (κ1) is 28.3. The van der Waals surface area contributed by atoms with Crippen LogP contribution in [0.5, 0.6) is 0 Å². The smallest absolute Gasteiger partial charge is 0.0476 e. The maximum absolute atomic E-state index is 2.41. The van der Waals surface area contributed by atoms with Crippen LogP contribution in [0.3, 0.4) is 0 Å². The topological polar surface area (TPSA) is 3.24 Å². The number of anilines is 3. The van der Waals surface area contributed by atoms with Crippen molar-refractivity contribution in [1.29, 1.82) is 0 Å². The van der Waals surface area contributed by atoms with E-state index in [-0.39, 0.29) is 0 Å². The molecule has 0 fully saturated rings. The zero-order valence-electron chi connectivity index (χ0n) is 26.5. The standard InChI is InChI=1S/C46H29NS2/c1-2-14-36-30(10-1)11-8-17-37(36)31-22-24-33(25-23-31)47(35-26-27-41-39-15-3-5-20-43(39)48-45(41)29-35)34-13-7-12-32(28-34)38-18-9-19-42-40-16-4-6-21-44(40)49-46(38)42/h1-29H. The van der Waals surface area contributed by atoms with Crippen LogP contribution in [0.15, 0.2) is 176 Å². The van der Waals surface area contributed by atoms with E-state index in [1.165, 1.54) is 73.4 Å². The van der Waals surface area contributed by atoms with Crippen molar-refractivity contribution in [2.75, 3.05) is 4.90 Å². The lowest BCUT2D eigenvalue weighted by molar-refractivity contribution is 1.29. The fourth-order valence-corrected chi connectivity index (χ4v) is 9.73. The number of nitrogens with zero attached hydrogens (tertiary/aromatic N) is 1. The van der Waals surface area contributed by atoms with Gasteiger partial charge in [-0.1, -0.05) is 127 Å². The molecule has 0 unspecified atom stereocenters. The van der Waals surface area contributed by atoms with Gasteiger partial charge in [-0.05, 0) is 81.6 Å². The van der Waals surface area contributed by atoms with Gasteiger partial charge in [0.2, 0.25) is 0 Å². The van der Waals surface area contributed by atoms with E-state index in [9.17, 15) is 0 Å². The van der Waals surface area contributed by atoms with Crippen molar-refractivity contribution >= 4 is 90.9 Å². The molecule has 0 N–H and O–H groups in total. The van der Waals surface area contributed by atoms with Gasteiger partial charge in [-0.3, -0.25) is 0 Å². The molecule has 0 aliphatic heterocycles. The highest BCUT2D eigenvalue weighted by molar-refractivity contribution is 7.26. The molecule has 2 aromatic heterocycles. The van der Waals surface area contributed by atoms with Gasteiger partial charge in [0.1, 0.15) is 0 Å². The van der Waals surface area contributed by atoms with E-state index in [0.29, 0.717) is 0 Å². The number of hydrogen-bond acceptors (Lipinski definition) is 3. The molecule has 2 heterocycles. The first-order valence-corrected chi connectivity index (χ1v) is 18.2. The van der Waals surface area contributed by atoms with Crippen molar-refractivity contribution in [3.05, 3.63) is 176 Å². The molecule has 0 amide bonds. The third kappa shape index (κ3) is 4.74. The van der Waals surface area contributed by atoms with E-state index in [0.717, 1.165) is 17.1 Å². The van der Waals surface area contributed by atoms with Gasteiger partial charge in [-0.2, -0.15) is 0 Å². The SMILES string of the molecule is c1cc(-c2cccc3c2sc2ccccc23)cc(N(c2ccc(-c3cccc4ccccc34)cc2)c2ccc3c(c2)sc2ccccc23)c1. The summed E-state index contributed by atoms with van der Waals surface area (Å²) in [5, 5.41) is 7.80. The van der Waals surface area contributed by atoms with Crippen LogP contribution in [0.25, 0.3) is 73.4 Å². The van der Waals surface area contributed by atoms with Crippen LogP contribution in [-0.2, 0) is 0 Å². The van der Waals surface area contributed by atoms with Gasteiger partial charge in [0.25, 0.3) is 0 Å². The lowest BCUT2D eigenvalue weighted by Gasteiger charge is -2.26. The van der Waals surface area contributed by atoms with Crippen LogP contribution in [0.1, 0.15) is 0 Å². The molecule has 0 radical (unpaired) electrons. The molecule has 8 aromatic carbocycles. The number of rotatable bonds is 5. The lowest BCUT2D eigenvalue weighted by atomic mass is 9.98. The fourth-order valence-electron chi connectivity index (χ4n) is 7.36. The summed E-state index contributed by atoms with van der Waals surface area (Å²) in [6.07, 6.45) is 0. The largest absolute Gasteiger partial charge is 0.310 e. The molecule has 1 nitrogen and oxygen atoms in total. The zero-order valence-corrected chi connectivity index (χ0v) is 28.1. The van der Waals surface area contributed by atoms with E-state index in [1.54, 1.807) is 0 Å². The van der Waals surface area contributed by atoms with Crippen LogP contribution in [-0.4, -0.2) is 0 Å². The monoisotopic (exact) mass is 659 g/mol. The van der Waals surface area contributed by atoms with E-state index in [1.807, 2.05) is 22.7 Å². The maximum atomic E-state index is 2.41. The molecular weight excluding hydrogens is 631 g/mol. The van der Waals surface area contributed by atoms with Gasteiger partial charge >= 0.3 is 0 Å². The Labute approximate surface area is 292 Å². The quantitative estimate of drug-likeness (QED) is 0.178. The molecule has 0 atom stereocenters. The van der Waals surface area contributed by atoms with Gasteiger partial charge < -0.3 is 4.90 Å². The van der Waals surface area contributed by atoms with Crippen LogP contribution >= 0.6 is 22.7 Å². The van der Waals surface area contributed by atoms with Gasteiger partial charge in [0.05, 0.1) is 0 Å². The lowest BCUT2D eigenvalue weighted by Crippen LogP contribution is -2.10. The number of hydrogen-bond donors (Lipinski definition) is 0. The molecule has 0 spiro atoms. The van der Waals surface area contributed by atoms with Crippen LogP contribution < -0.4 is 4.90 Å². The van der Waals surface area contributed by atoms with Crippen molar-refractivity contribution in [2.24, 2.45) is 0 Å². The summed E-state index contributed by atoms with van der Waals surface area (Å²) in [4.78, 5) is 2.41. The average molecular weight is 660 g/mol. The Balaban J connectivity index is 1.14. The van der Waals surface area contributed by atoms with Crippen molar-refractivity contribution < 1.29 is 0 Å². The second-order valence-corrected chi connectivity index (χ2v) is 14.7. The summed E-state index contributed by atoms with van der Waals surface area (Å²) < 4.78 is 5.27. The third-order valence-electron chi connectivity index (χ3n) is 9.67. The minimum absolute atomic E-state index is 1.13. The maximum Gasteiger partial charge on any atom is 0.0476 e. The van der Waals surface area contributed by atoms with Gasteiger partial charge in [0, 0.05) is 57.4 Å².